The second-order valence-corrected chi connectivity index (χ2v) is 11.5. The summed E-state index contributed by atoms with van der Waals surface area (Å²) in [6, 6.07) is 3.45. The Hall–Kier alpha value is -2.06. The summed E-state index contributed by atoms with van der Waals surface area (Å²) >= 11 is 0. The van der Waals surface area contributed by atoms with Crippen molar-refractivity contribution in [1.29, 1.82) is 0 Å². The van der Waals surface area contributed by atoms with Crippen LogP contribution in [0.2, 0.25) is 6.32 Å². The standard InChI is InChI=1S/C25H39BO7/c1-16-17(14-15-26-32-24(8,9)25(10,11)33-26)12-13-18(29-21(28)31-23(5,6)7)19(16)20(27)30-22(2,3)4/h12-13H,14-15H2,1-11H3. The van der Waals surface area contributed by atoms with Crippen LogP contribution >= 0.6 is 0 Å². The highest BCUT2D eigenvalue weighted by Gasteiger charge is 2.50. The van der Waals surface area contributed by atoms with Crippen LogP contribution in [0, 0.1) is 6.92 Å². The van der Waals surface area contributed by atoms with Crippen molar-refractivity contribution >= 4 is 19.2 Å². The van der Waals surface area contributed by atoms with Crippen molar-refractivity contribution < 1.29 is 33.1 Å². The van der Waals surface area contributed by atoms with Crippen molar-refractivity contribution in [2.45, 2.75) is 111 Å². The molecule has 1 heterocycles. The van der Waals surface area contributed by atoms with Gasteiger partial charge in [-0.2, -0.15) is 0 Å². The van der Waals surface area contributed by atoms with Crippen molar-refractivity contribution in [3.05, 3.63) is 28.8 Å². The maximum absolute atomic E-state index is 13.0. The molecule has 1 aromatic carbocycles. The first kappa shape index (κ1) is 27.2. The zero-order valence-electron chi connectivity index (χ0n) is 22.0. The average Bonchev–Trinajstić information content (AvgIpc) is 2.77. The van der Waals surface area contributed by atoms with Gasteiger partial charge >= 0.3 is 19.2 Å². The predicted octanol–water partition coefficient (Wildman–Crippen LogP) is 5.90. The molecule has 7 nitrogen and oxygen atoms in total. The van der Waals surface area contributed by atoms with Gasteiger partial charge in [0, 0.05) is 0 Å². The van der Waals surface area contributed by atoms with E-state index in [-0.39, 0.29) is 18.4 Å². The summed E-state index contributed by atoms with van der Waals surface area (Å²) in [6.07, 6.45) is 0.357. The minimum absolute atomic E-state index is 0.107. The number of benzene rings is 1. The van der Waals surface area contributed by atoms with Gasteiger partial charge in [0.25, 0.3) is 0 Å². The van der Waals surface area contributed by atoms with Gasteiger partial charge in [0.2, 0.25) is 0 Å². The van der Waals surface area contributed by atoms with Gasteiger partial charge in [0.15, 0.2) is 0 Å². The zero-order valence-corrected chi connectivity index (χ0v) is 22.0. The number of ether oxygens (including phenoxy) is 3. The lowest BCUT2D eigenvalue weighted by Crippen LogP contribution is -2.41. The maximum Gasteiger partial charge on any atom is 0.514 e. The van der Waals surface area contributed by atoms with Crippen LogP contribution in [0.4, 0.5) is 4.79 Å². The third kappa shape index (κ3) is 7.21. The summed E-state index contributed by atoms with van der Waals surface area (Å²) in [5, 5.41) is 0. The fraction of sp³-hybridized carbons (Fsp3) is 0.680. The topological polar surface area (TPSA) is 80.3 Å². The summed E-state index contributed by atoms with van der Waals surface area (Å²) in [5.74, 6) is -0.452. The summed E-state index contributed by atoms with van der Waals surface area (Å²) in [6.45, 7) is 20.5. The molecule has 0 saturated carbocycles. The molecule has 1 fully saturated rings. The van der Waals surface area contributed by atoms with E-state index < -0.39 is 34.5 Å². The monoisotopic (exact) mass is 462 g/mol. The first-order valence-corrected chi connectivity index (χ1v) is 11.4. The molecule has 1 aliphatic rings. The molecule has 0 aliphatic carbocycles. The third-order valence-electron chi connectivity index (χ3n) is 5.68. The van der Waals surface area contributed by atoms with Crippen LogP contribution in [-0.2, 0) is 25.2 Å². The molecule has 0 radical (unpaired) electrons. The second kappa shape index (κ2) is 9.30. The Labute approximate surface area is 198 Å². The van der Waals surface area contributed by atoms with Crippen LogP contribution < -0.4 is 4.74 Å². The van der Waals surface area contributed by atoms with E-state index in [1.165, 1.54) is 0 Å². The Bertz CT molecular complexity index is 875. The highest BCUT2D eigenvalue weighted by molar-refractivity contribution is 6.45. The van der Waals surface area contributed by atoms with E-state index in [1.54, 1.807) is 47.6 Å². The quantitative estimate of drug-likeness (QED) is 0.306. The van der Waals surface area contributed by atoms with Crippen LogP contribution in [0.5, 0.6) is 5.75 Å². The van der Waals surface area contributed by atoms with Crippen LogP contribution in [-0.4, -0.2) is 41.6 Å². The van der Waals surface area contributed by atoms with Crippen LogP contribution in [0.1, 0.15) is 90.7 Å². The van der Waals surface area contributed by atoms with E-state index >= 15 is 0 Å². The van der Waals surface area contributed by atoms with Gasteiger partial charge in [0.05, 0.1) is 11.2 Å². The van der Waals surface area contributed by atoms with E-state index in [0.29, 0.717) is 18.3 Å². The SMILES string of the molecule is Cc1c(CCB2OC(C)(C)C(C)(C)O2)ccc(OC(=O)OC(C)(C)C)c1C(=O)OC(C)(C)C. The lowest BCUT2D eigenvalue weighted by molar-refractivity contribution is 0.00578. The molecule has 2 rings (SSSR count). The maximum atomic E-state index is 13.0. The predicted molar refractivity (Wildman–Crippen MR) is 128 cm³/mol. The normalized spacial score (nSPS) is 17.6. The molecule has 0 N–H and O–H groups in total. The van der Waals surface area contributed by atoms with Gasteiger partial charge in [-0.05, 0) is 106 Å². The molecule has 0 atom stereocenters. The third-order valence-corrected chi connectivity index (χ3v) is 5.68. The summed E-state index contributed by atoms with van der Waals surface area (Å²) in [5.41, 5.74) is -0.420. The fourth-order valence-electron chi connectivity index (χ4n) is 3.39. The summed E-state index contributed by atoms with van der Waals surface area (Å²) < 4.78 is 28.4. The highest BCUT2D eigenvalue weighted by Crippen LogP contribution is 2.38. The van der Waals surface area contributed by atoms with Gasteiger partial charge in [-0.25, -0.2) is 9.59 Å². The van der Waals surface area contributed by atoms with Gasteiger partial charge in [-0.1, -0.05) is 6.07 Å². The van der Waals surface area contributed by atoms with Crippen LogP contribution in [0.15, 0.2) is 12.1 Å². The van der Waals surface area contributed by atoms with E-state index in [0.717, 1.165) is 5.56 Å². The molecule has 33 heavy (non-hydrogen) atoms. The number of aryl methyl sites for hydroxylation is 1. The van der Waals surface area contributed by atoms with E-state index in [9.17, 15) is 9.59 Å². The minimum Gasteiger partial charge on any atom is -0.456 e. The lowest BCUT2D eigenvalue weighted by Gasteiger charge is -2.32. The molecule has 8 heteroatoms. The molecule has 1 aromatic rings. The van der Waals surface area contributed by atoms with Crippen molar-refractivity contribution in [3.8, 4) is 5.75 Å². The molecule has 0 amide bonds. The molecule has 0 spiro atoms. The summed E-state index contributed by atoms with van der Waals surface area (Å²) in [7, 11) is -0.350. The van der Waals surface area contributed by atoms with Crippen LogP contribution in [0.25, 0.3) is 0 Å². The van der Waals surface area contributed by atoms with Gasteiger partial charge in [0.1, 0.15) is 22.5 Å². The smallest absolute Gasteiger partial charge is 0.456 e. The largest absolute Gasteiger partial charge is 0.514 e. The lowest BCUT2D eigenvalue weighted by atomic mass is 9.80. The number of hydrogen-bond donors (Lipinski definition) is 0. The zero-order chi connectivity index (χ0) is 25.4. The molecule has 0 bridgehead atoms. The number of esters is 1. The van der Waals surface area contributed by atoms with Gasteiger partial charge in [-0.15, -0.1) is 0 Å². The van der Waals surface area contributed by atoms with E-state index in [4.69, 9.17) is 23.5 Å². The molecule has 1 aliphatic heterocycles. The first-order chi connectivity index (χ1) is 14.8. The minimum atomic E-state index is -0.878. The fourth-order valence-corrected chi connectivity index (χ4v) is 3.39. The number of carbonyl (C=O) groups excluding carboxylic acids is 2. The van der Waals surface area contributed by atoms with Gasteiger partial charge in [-0.3, -0.25) is 0 Å². The first-order valence-electron chi connectivity index (χ1n) is 11.4. The van der Waals surface area contributed by atoms with Crippen molar-refractivity contribution in [2.75, 3.05) is 0 Å². The van der Waals surface area contributed by atoms with Crippen molar-refractivity contribution in [1.82, 2.24) is 0 Å². The molecule has 184 valence electrons. The average molecular weight is 462 g/mol. The van der Waals surface area contributed by atoms with Crippen molar-refractivity contribution in [3.63, 3.8) is 0 Å². The number of hydrogen-bond acceptors (Lipinski definition) is 7. The Morgan fingerprint density at radius 3 is 1.91 bits per heavy atom. The summed E-state index contributed by atoms with van der Waals surface area (Å²) in [4.78, 5) is 25.3. The van der Waals surface area contributed by atoms with E-state index in [2.05, 4.69) is 0 Å². The molecule has 0 unspecified atom stereocenters. The van der Waals surface area contributed by atoms with Crippen LogP contribution in [0.3, 0.4) is 0 Å². The second-order valence-electron chi connectivity index (χ2n) is 11.5. The molecule has 0 aromatic heterocycles. The number of carbonyl (C=O) groups is 2. The Morgan fingerprint density at radius 1 is 0.909 bits per heavy atom. The Balaban J connectivity index is 2.30. The highest BCUT2D eigenvalue weighted by atomic mass is 16.7. The Kier molecular flexibility index (Phi) is 7.66. The Morgan fingerprint density at radius 2 is 1.42 bits per heavy atom. The molecular formula is C25H39BO7. The number of rotatable bonds is 5. The molecule has 1 saturated heterocycles. The van der Waals surface area contributed by atoms with Crippen molar-refractivity contribution in [2.24, 2.45) is 0 Å². The van der Waals surface area contributed by atoms with E-state index in [1.807, 2.05) is 40.7 Å². The molecular weight excluding hydrogens is 423 g/mol. The van der Waals surface area contributed by atoms with Gasteiger partial charge < -0.3 is 23.5 Å².